The Bertz CT molecular complexity index is 2010. The highest BCUT2D eigenvalue weighted by Gasteiger charge is 2.25. The van der Waals surface area contributed by atoms with Crippen molar-refractivity contribution in [3.05, 3.63) is 192 Å². The van der Waals surface area contributed by atoms with Crippen molar-refractivity contribution in [3.63, 3.8) is 0 Å². The molecule has 8 aromatic rings. The summed E-state index contributed by atoms with van der Waals surface area (Å²) in [6.07, 6.45) is 0. The van der Waals surface area contributed by atoms with Crippen molar-refractivity contribution < 1.29 is 0 Å². The third-order valence-electron chi connectivity index (χ3n) is 9.41. The molecule has 0 aliphatic heterocycles. The minimum Gasteiger partial charge on any atom is -0.304 e. The normalized spacial score (nSPS) is 12.7. The Balaban J connectivity index is 0.00000351. The molecule has 0 heterocycles. The molecule has 3 radical (unpaired) electrons. The van der Waals surface area contributed by atoms with Gasteiger partial charge in [-0.3, -0.25) is 0 Å². The predicted octanol–water partition coefficient (Wildman–Crippen LogP) is 10.3. The Hall–Kier alpha value is -5.22. The van der Waals surface area contributed by atoms with Crippen LogP contribution in [-0.2, 0) is 13.1 Å². The molecular weight excluding hydrogens is 567 g/mol. The summed E-state index contributed by atoms with van der Waals surface area (Å²) in [4.78, 5) is 0. The van der Waals surface area contributed by atoms with Crippen molar-refractivity contribution in [2.24, 2.45) is 0 Å². The van der Waals surface area contributed by atoms with E-state index in [9.17, 15) is 0 Å². The Morgan fingerprint density at radius 2 is 0.617 bits per heavy atom. The smallest absolute Gasteiger partial charge is 0.0521 e. The van der Waals surface area contributed by atoms with Crippen molar-refractivity contribution in [1.29, 1.82) is 0 Å². The molecule has 0 bridgehead atoms. The van der Waals surface area contributed by atoms with E-state index in [1.165, 1.54) is 65.3 Å². The average Bonchev–Trinajstić information content (AvgIpc) is 3.12. The van der Waals surface area contributed by atoms with Gasteiger partial charge in [-0.2, -0.15) is 0 Å². The Morgan fingerprint density at radius 3 is 0.936 bits per heavy atom. The molecule has 225 valence electrons. The Morgan fingerprint density at radius 1 is 0.340 bits per heavy atom. The summed E-state index contributed by atoms with van der Waals surface area (Å²) < 4.78 is 0. The van der Waals surface area contributed by atoms with Crippen LogP contribution in [0, 0.1) is 0 Å². The molecular formula is C44H36BN2. The van der Waals surface area contributed by atoms with Gasteiger partial charge < -0.3 is 10.6 Å². The lowest BCUT2D eigenvalue weighted by molar-refractivity contribution is 0.383. The van der Waals surface area contributed by atoms with E-state index in [2.05, 4.69) is 180 Å². The summed E-state index contributed by atoms with van der Waals surface area (Å²) in [6, 6.07) is 61.5. The number of fused-ring (bicyclic) bond motifs is 4. The molecule has 0 saturated carbocycles. The molecule has 0 aliphatic carbocycles. The van der Waals surface area contributed by atoms with E-state index in [0.717, 1.165) is 13.1 Å². The summed E-state index contributed by atoms with van der Waals surface area (Å²) in [5.41, 5.74) is 5.19. The summed E-state index contributed by atoms with van der Waals surface area (Å²) in [6.45, 7) is 1.48. The van der Waals surface area contributed by atoms with Gasteiger partial charge in [-0.25, -0.2) is 0 Å². The molecule has 8 rings (SSSR count). The largest absolute Gasteiger partial charge is 0.304 e. The van der Waals surface area contributed by atoms with Crippen molar-refractivity contribution in [3.8, 4) is 0 Å². The topological polar surface area (TPSA) is 24.1 Å². The third kappa shape index (κ3) is 6.04. The van der Waals surface area contributed by atoms with Gasteiger partial charge in [-0.1, -0.05) is 158 Å². The van der Waals surface area contributed by atoms with Gasteiger partial charge in [-0.15, -0.1) is 0 Å². The van der Waals surface area contributed by atoms with E-state index in [1.54, 1.807) is 0 Å². The number of benzene rings is 8. The van der Waals surface area contributed by atoms with Gasteiger partial charge in [0.15, 0.2) is 0 Å². The van der Waals surface area contributed by atoms with Crippen molar-refractivity contribution in [2.45, 2.75) is 25.2 Å². The summed E-state index contributed by atoms with van der Waals surface area (Å²) in [7, 11) is 0. The number of rotatable bonds is 9. The van der Waals surface area contributed by atoms with E-state index in [-0.39, 0.29) is 20.5 Å². The second kappa shape index (κ2) is 13.6. The van der Waals surface area contributed by atoms with Crippen LogP contribution >= 0.6 is 0 Å². The third-order valence-corrected chi connectivity index (χ3v) is 9.41. The van der Waals surface area contributed by atoms with Gasteiger partial charge in [-0.05, 0) is 77.5 Å². The fourth-order valence-corrected chi connectivity index (χ4v) is 7.20. The molecule has 8 aromatic carbocycles. The zero-order valence-electron chi connectivity index (χ0n) is 26.3. The second-order valence-electron chi connectivity index (χ2n) is 12.1. The SMILES string of the molecule is [B].c1ccc(C(NCc2c3ccccc3cc3ccccc23)[C@H](NCc2c3ccccc3cc3ccccc23)c2ccccc2)cc1. The lowest BCUT2D eigenvalue weighted by Crippen LogP contribution is -2.35. The maximum Gasteiger partial charge on any atom is 0.0521 e. The summed E-state index contributed by atoms with van der Waals surface area (Å²) >= 11 is 0. The van der Waals surface area contributed by atoms with Crippen LogP contribution in [0.5, 0.6) is 0 Å². The minimum atomic E-state index is 0. The maximum atomic E-state index is 4.08. The van der Waals surface area contributed by atoms with E-state index >= 15 is 0 Å². The first-order valence-electron chi connectivity index (χ1n) is 16.2. The highest BCUT2D eigenvalue weighted by Crippen LogP contribution is 2.34. The fraction of sp³-hybridized carbons (Fsp3) is 0.0909. The highest BCUT2D eigenvalue weighted by atomic mass is 15.0. The molecule has 3 heteroatoms. The van der Waals surface area contributed by atoms with Crippen LogP contribution < -0.4 is 10.6 Å². The summed E-state index contributed by atoms with van der Waals surface area (Å²) in [5, 5.41) is 18.5. The van der Waals surface area contributed by atoms with Crippen LogP contribution in [0.3, 0.4) is 0 Å². The molecule has 0 amide bonds. The zero-order chi connectivity index (χ0) is 30.7. The van der Waals surface area contributed by atoms with Crippen LogP contribution in [0.2, 0.25) is 0 Å². The zero-order valence-corrected chi connectivity index (χ0v) is 26.3. The lowest BCUT2D eigenvalue weighted by atomic mass is 9.91. The molecule has 0 aliphatic rings. The van der Waals surface area contributed by atoms with Crippen molar-refractivity contribution in [1.82, 2.24) is 10.6 Å². The van der Waals surface area contributed by atoms with E-state index in [4.69, 9.17) is 0 Å². The minimum absolute atomic E-state index is 0. The highest BCUT2D eigenvalue weighted by molar-refractivity contribution is 6.03. The molecule has 2 nitrogen and oxygen atoms in total. The van der Waals surface area contributed by atoms with Crippen LogP contribution in [-0.4, -0.2) is 8.41 Å². The first-order valence-corrected chi connectivity index (χ1v) is 16.2. The molecule has 0 spiro atoms. The molecule has 47 heavy (non-hydrogen) atoms. The van der Waals surface area contributed by atoms with Crippen LogP contribution in [0.1, 0.15) is 34.3 Å². The number of hydrogen-bond donors (Lipinski definition) is 2. The Kier molecular flexibility index (Phi) is 8.84. The van der Waals surface area contributed by atoms with Gasteiger partial charge in [0.25, 0.3) is 0 Å². The fourth-order valence-electron chi connectivity index (χ4n) is 7.20. The first-order chi connectivity index (χ1) is 22.8. The average molecular weight is 604 g/mol. The van der Waals surface area contributed by atoms with Gasteiger partial charge in [0.05, 0.1) is 12.1 Å². The first kappa shape index (κ1) is 30.4. The molecule has 2 N–H and O–H groups in total. The van der Waals surface area contributed by atoms with Gasteiger partial charge in [0.1, 0.15) is 0 Å². The second-order valence-corrected chi connectivity index (χ2v) is 12.1. The predicted molar refractivity (Wildman–Crippen MR) is 201 cm³/mol. The van der Waals surface area contributed by atoms with Crippen LogP contribution in [0.4, 0.5) is 0 Å². The van der Waals surface area contributed by atoms with Crippen molar-refractivity contribution in [2.75, 3.05) is 0 Å². The molecule has 0 fully saturated rings. The number of nitrogens with one attached hydrogen (secondary N) is 2. The van der Waals surface area contributed by atoms with Gasteiger partial charge in [0, 0.05) is 21.5 Å². The standard InChI is InChI=1S/C44H36N2.B/c1-3-15-31(16-4-1)43(45-29-41-37-23-11-7-19-33(37)27-34-20-8-12-24-38(34)41)44(32-17-5-2-6-18-32)46-30-42-39-25-13-9-21-35(39)28-36-22-10-14-26-40(36)42;/h1-28,43-46H,29-30H2;/t43-,44?;/m1./s1. The molecule has 2 atom stereocenters. The quantitative estimate of drug-likeness (QED) is 0.127. The van der Waals surface area contributed by atoms with Crippen LogP contribution in [0.15, 0.2) is 170 Å². The Labute approximate surface area is 278 Å². The van der Waals surface area contributed by atoms with Gasteiger partial charge >= 0.3 is 0 Å². The van der Waals surface area contributed by atoms with Gasteiger partial charge in [0.2, 0.25) is 0 Å². The molecule has 0 saturated heterocycles. The van der Waals surface area contributed by atoms with E-state index in [0.29, 0.717) is 0 Å². The maximum absolute atomic E-state index is 4.08. The summed E-state index contributed by atoms with van der Waals surface area (Å²) in [5.74, 6) is 0. The number of hydrogen-bond acceptors (Lipinski definition) is 2. The molecule has 1 unspecified atom stereocenters. The monoisotopic (exact) mass is 603 g/mol. The van der Waals surface area contributed by atoms with E-state index < -0.39 is 0 Å². The van der Waals surface area contributed by atoms with Crippen molar-refractivity contribution >= 4 is 51.5 Å². The lowest BCUT2D eigenvalue weighted by Gasteiger charge is -2.31. The van der Waals surface area contributed by atoms with Crippen LogP contribution in [0.25, 0.3) is 43.1 Å². The molecule has 0 aromatic heterocycles. The van der Waals surface area contributed by atoms with E-state index in [1.807, 2.05) is 0 Å².